The van der Waals surface area contributed by atoms with Crippen LogP contribution in [0.15, 0.2) is 24.3 Å². The summed E-state index contributed by atoms with van der Waals surface area (Å²) < 4.78 is 18.2. The molecule has 0 radical (unpaired) electrons. The maximum Gasteiger partial charge on any atom is 0.119 e. The molecule has 19 heavy (non-hydrogen) atoms. The number of rotatable bonds is 9. The molecule has 1 atom stereocenters. The van der Waals surface area contributed by atoms with Gasteiger partial charge in [-0.3, -0.25) is 0 Å². The van der Waals surface area contributed by atoms with E-state index < -0.39 is 6.08 Å². The smallest absolute Gasteiger partial charge is 0.119 e. The van der Waals surface area contributed by atoms with Crippen molar-refractivity contribution in [2.75, 3.05) is 26.9 Å². The highest BCUT2D eigenvalue weighted by Crippen LogP contribution is 2.12. The fraction of sp³-hybridized carbons (Fsp3) is 0.600. The third-order valence-electron chi connectivity index (χ3n) is 2.64. The Morgan fingerprint density at radius 3 is 2.58 bits per heavy atom. The zero-order valence-corrected chi connectivity index (χ0v) is 12.0. The fourth-order valence-electron chi connectivity index (χ4n) is 1.51. The van der Waals surface area contributed by atoms with Gasteiger partial charge in [0, 0.05) is 19.7 Å². The van der Waals surface area contributed by atoms with Crippen LogP contribution in [0.2, 0.25) is 0 Å². The van der Waals surface area contributed by atoms with Crippen molar-refractivity contribution in [2.24, 2.45) is 0 Å². The molecule has 108 valence electrons. The van der Waals surface area contributed by atoms with Crippen molar-refractivity contribution in [3.05, 3.63) is 29.8 Å². The summed E-state index contributed by atoms with van der Waals surface area (Å²) in [6.07, 6.45) is -0.767. The molecule has 1 aromatic carbocycles. The van der Waals surface area contributed by atoms with Gasteiger partial charge in [-0.25, -0.2) is 0 Å². The van der Waals surface area contributed by atoms with Gasteiger partial charge in [-0.2, -0.15) is 0 Å². The molecule has 0 amide bonds. The first-order valence-corrected chi connectivity index (χ1v) is 6.59. The minimum absolute atomic E-state index is 0.0653. The number of benzene rings is 1. The first-order chi connectivity index (χ1) is 9.43. The molecular formula is C15H25NO3. The molecule has 0 bridgehead atoms. The molecule has 1 aromatic rings. The average molecular weight is 268 g/mol. The van der Waals surface area contributed by atoms with Gasteiger partial charge in [0.2, 0.25) is 0 Å². The van der Waals surface area contributed by atoms with Gasteiger partial charge in [0.1, 0.15) is 18.4 Å². The summed E-state index contributed by atoms with van der Waals surface area (Å²) in [7, 11) is 1.68. The van der Waals surface area contributed by atoms with Crippen LogP contribution in [0.1, 0.15) is 20.8 Å². The van der Waals surface area contributed by atoms with E-state index in [1.807, 2.05) is 38.1 Å². The summed E-state index contributed by atoms with van der Waals surface area (Å²) in [6.45, 7) is 4.74. The van der Waals surface area contributed by atoms with Crippen LogP contribution in [0.5, 0.6) is 5.75 Å². The monoisotopic (exact) mass is 268 g/mol. The zero-order valence-electron chi connectivity index (χ0n) is 13.0. The minimum Gasteiger partial charge on any atom is -0.491 e. The highest BCUT2D eigenvalue weighted by molar-refractivity contribution is 5.27. The lowest BCUT2D eigenvalue weighted by molar-refractivity contribution is 0.104. The lowest BCUT2D eigenvalue weighted by atomic mass is 10.1. The van der Waals surface area contributed by atoms with Gasteiger partial charge in [0.05, 0.1) is 7.98 Å². The molecule has 0 spiro atoms. The van der Waals surface area contributed by atoms with Gasteiger partial charge < -0.3 is 19.9 Å². The molecule has 1 rings (SSSR count). The second-order valence-corrected chi connectivity index (χ2v) is 4.78. The van der Waals surface area contributed by atoms with Crippen LogP contribution in [0.4, 0.5) is 0 Å². The van der Waals surface area contributed by atoms with E-state index in [0.29, 0.717) is 12.4 Å². The van der Waals surface area contributed by atoms with Crippen LogP contribution in [-0.4, -0.2) is 44.1 Å². The Kier molecular flexibility index (Phi) is 6.71. The quantitative estimate of drug-likeness (QED) is 0.714. The van der Waals surface area contributed by atoms with Gasteiger partial charge in [-0.1, -0.05) is 26.0 Å². The summed E-state index contributed by atoms with van der Waals surface area (Å²) in [6, 6.07) is 7.84. The molecule has 0 fully saturated rings. The highest BCUT2D eigenvalue weighted by Gasteiger charge is 2.05. The lowest BCUT2D eigenvalue weighted by Crippen LogP contribution is -2.35. The molecule has 0 saturated carbocycles. The summed E-state index contributed by atoms with van der Waals surface area (Å²) in [4.78, 5) is 0. The largest absolute Gasteiger partial charge is 0.491 e. The third kappa shape index (κ3) is 7.15. The minimum atomic E-state index is -1.63. The molecule has 4 heteroatoms. The molecule has 0 aromatic heterocycles. The standard InChI is InChI=1S/C15H25NO3/c1-12(2)16-10-14(17)11-19-15-6-4-13(5-7-15)8-9-18-3/h4-7,12,14,16-17H,8-11H2,1-3H3/i14D. The predicted octanol–water partition coefficient (Wildman–Crippen LogP) is 1.61. The van der Waals surface area contributed by atoms with Crippen molar-refractivity contribution in [1.82, 2.24) is 5.32 Å². The van der Waals surface area contributed by atoms with Crippen LogP contribution in [-0.2, 0) is 11.2 Å². The normalized spacial score (nSPS) is 15.1. The van der Waals surface area contributed by atoms with E-state index in [0.717, 1.165) is 6.42 Å². The Morgan fingerprint density at radius 1 is 1.32 bits per heavy atom. The number of hydrogen-bond acceptors (Lipinski definition) is 4. The zero-order chi connectivity index (χ0) is 15.0. The van der Waals surface area contributed by atoms with Crippen molar-refractivity contribution in [1.29, 1.82) is 0 Å². The van der Waals surface area contributed by atoms with Crippen LogP contribution in [0.25, 0.3) is 0 Å². The first-order valence-electron chi connectivity index (χ1n) is 7.09. The number of ether oxygens (including phenoxy) is 2. The first kappa shape index (κ1) is 14.3. The summed E-state index contributed by atoms with van der Waals surface area (Å²) in [5.41, 5.74) is 1.17. The lowest BCUT2D eigenvalue weighted by Gasteiger charge is -2.15. The molecule has 1 unspecified atom stereocenters. The predicted molar refractivity (Wildman–Crippen MR) is 76.7 cm³/mol. The van der Waals surface area contributed by atoms with Gasteiger partial charge in [0.25, 0.3) is 0 Å². The van der Waals surface area contributed by atoms with Crippen LogP contribution >= 0.6 is 0 Å². The van der Waals surface area contributed by atoms with Crippen LogP contribution in [0.3, 0.4) is 0 Å². The van der Waals surface area contributed by atoms with Crippen molar-refractivity contribution in [3.63, 3.8) is 0 Å². The topological polar surface area (TPSA) is 50.7 Å². The number of methoxy groups -OCH3 is 1. The van der Waals surface area contributed by atoms with E-state index in [4.69, 9.17) is 10.8 Å². The number of hydrogen-bond donors (Lipinski definition) is 2. The summed E-state index contributed by atoms with van der Waals surface area (Å²) >= 11 is 0. The Balaban J connectivity index is 2.40. The van der Waals surface area contributed by atoms with Crippen LogP contribution < -0.4 is 10.1 Å². The van der Waals surface area contributed by atoms with Gasteiger partial charge in [0.15, 0.2) is 0 Å². The van der Waals surface area contributed by atoms with E-state index in [1.54, 1.807) is 7.11 Å². The third-order valence-corrected chi connectivity index (χ3v) is 2.64. The Hall–Kier alpha value is -1.10. The Labute approximate surface area is 117 Å². The molecule has 2 N–H and O–H groups in total. The van der Waals surface area contributed by atoms with Gasteiger partial charge >= 0.3 is 0 Å². The maximum absolute atomic E-state index is 9.86. The van der Waals surface area contributed by atoms with E-state index in [1.165, 1.54) is 5.56 Å². The SMILES string of the molecule is [2H]C(O)(CNC(C)C)COc1ccc(CCOC)cc1. The summed E-state index contributed by atoms with van der Waals surface area (Å²) in [5.74, 6) is 0.654. The van der Waals surface area contributed by atoms with E-state index >= 15 is 0 Å². The number of aliphatic hydroxyl groups is 1. The van der Waals surface area contributed by atoms with Crippen molar-refractivity contribution < 1.29 is 16.0 Å². The van der Waals surface area contributed by atoms with Crippen molar-refractivity contribution in [2.45, 2.75) is 32.4 Å². The second kappa shape index (κ2) is 8.91. The van der Waals surface area contributed by atoms with Gasteiger partial charge in [-0.15, -0.1) is 0 Å². The summed E-state index contributed by atoms with van der Waals surface area (Å²) in [5, 5.41) is 12.9. The highest BCUT2D eigenvalue weighted by atomic mass is 16.5. The molecular weight excluding hydrogens is 242 g/mol. The van der Waals surface area contributed by atoms with E-state index in [-0.39, 0.29) is 19.2 Å². The van der Waals surface area contributed by atoms with E-state index in [2.05, 4.69) is 5.32 Å². The maximum atomic E-state index is 9.86. The van der Waals surface area contributed by atoms with Crippen LogP contribution in [0, 0.1) is 0 Å². The molecule has 0 aliphatic heterocycles. The van der Waals surface area contributed by atoms with Crippen molar-refractivity contribution >= 4 is 0 Å². The average Bonchev–Trinajstić information content (AvgIpc) is 2.42. The Morgan fingerprint density at radius 2 is 2.00 bits per heavy atom. The van der Waals surface area contributed by atoms with E-state index in [9.17, 15) is 5.11 Å². The molecule has 0 saturated heterocycles. The second-order valence-electron chi connectivity index (χ2n) is 4.78. The number of nitrogens with one attached hydrogen (secondary N) is 1. The fourth-order valence-corrected chi connectivity index (χ4v) is 1.51. The molecule has 0 heterocycles. The van der Waals surface area contributed by atoms with Gasteiger partial charge in [-0.05, 0) is 24.1 Å². The Bertz CT molecular complexity index is 379. The molecule has 4 nitrogen and oxygen atoms in total. The van der Waals surface area contributed by atoms with Crippen molar-refractivity contribution in [3.8, 4) is 5.75 Å². The molecule has 0 aliphatic rings. The molecule has 0 aliphatic carbocycles.